The molecule has 1 saturated heterocycles. The summed E-state index contributed by atoms with van der Waals surface area (Å²) in [5.74, 6) is -0.303. The Morgan fingerprint density at radius 1 is 1.14 bits per heavy atom. The third kappa shape index (κ3) is 5.48. The summed E-state index contributed by atoms with van der Waals surface area (Å²) in [6.45, 7) is 10.5. The van der Waals surface area contributed by atoms with Gasteiger partial charge in [0.15, 0.2) is 5.13 Å². The zero-order chi connectivity index (χ0) is 25.8. The summed E-state index contributed by atoms with van der Waals surface area (Å²) >= 11 is 7.82. The number of thiazole rings is 1. The van der Waals surface area contributed by atoms with E-state index in [1.54, 1.807) is 17.0 Å². The van der Waals surface area contributed by atoms with Gasteiger partial charge in [-0.3, -0.25) is 19.8 Å². The van der Waals surface area contributed by atoms with Gasteiger partial charge in [-0.2, -0.15) is 0 Å². The molecule has 3 aromatic rings. The lowest BCUT2D eigenvalue weighted by Gasteiger charge is -2.28. The molecule has 4 rings (SSSR count). The van der Waals surface area contributed by atoms with E-state index in [9.17, 15) is 14.9 Å². The average molecular weight is 530 g/mol. The highest BCUT2D eigenvalue weighted by Crippen LogP contribution is 2.37. The number of nitro benzene ring substituents is 1. The molecule has 0 spiro atoms. The molecule has 1 fully saturated rings. The van der Waals surface area contributed by atoms with E-state index in [2.05, 4.69) is 18.7 Å². The van der Waals surface area contributed by atoms with Gasteiger partial charge in [-0.15, -0.1) is 0 Å². The van der Waals surface area contributed by atoms with Crippen LogP contribution in [0.2, 0.25) is 5.02 Å². The van der Waals surface area contributed by atoms with Crippen LogP contribution in [0.1, 0.15) is 49.0 Å². The number of benzene rings is 2. The Labute approximate surface area is 220 Å². The van der Waals surface area contributed by atoms with Crippen molar-refractivity contribution in [2.45, 2.75) is 40.0 Å². The first kappa shape index (κ1) is 26.3. The van der Waals surface area contributed by atoms with E-state index in [0.29, 0.717) is 28.9 Å². The Balaban J connectivity index is 1.73. The third-order valence-corrected chi connectivity index (χ3v) is 8.35. The number of piperidine rings is 1. The number of aromatic nitrogens is 1. The van der Waals surface area contributed by atoms with Crippen molar-refractivity contribution in [3.8, 4) is 0 Å². The van der Waals surface area contributed by atoms with E-state index >= 15 is 0 Å². The molecule has 1 amide bonds. The number of likely N-dealkylation sites (N-methyl/N-ethyl adjacent to an activating group) is 1. The second kappa shape index (κ2) is 11.5. The SMILES string of the molecule is CCN(CC)CCN(C(=O)c1ccc(N2CCCCC2)c([N+](=O)[O-])c1)c1nc2c(C)ccc(Cl)c2s1. The minimum atomic E-state index is -0.387. The number of amides is 1. The van der Waals surface area contributed by atoms with Gasteiger partial charge in [0.1, 0.15) is 5.69 Å². The zero-order valence-electron chi connectivity index (χ0n) is 21.0. The van der Waals surface area contributed by atoms with Gasteiger partial charge in [-0.1, -0.05) is 42.9 Å². The van der Waals surface area contributed by atoms with Crippen molar-refractivity contribution < 1.29 is 9.72 Å². The van der Waals surface area contributed by atoms with Crippen molar-refractivity contribution >= 4 is 55.6 Å². The molecule has 8 nitrogen and oxygen atoms in total. The monoisotopic (exact) mass is 529 g/mol. The molecule has 0 atom stereocenters. The molecule has 36 heavy (non-hydrogen) atoms. The zero-order valence-corrected chi connectivity index (χ0v) is 22.6. The molecule has 0 saturated carbocycles. The fraction of sp³-hybridized carbons (Fsp3) is 0.462. The fourth-order valence-corrected chi connectivity index (χ4v) is 5.97. The van der Waals surface area contributed by atoms with Crippen LogP contribution in [0, 0.1) is 17.0 Å². The summed E-state index contributed by atoms with van der Waals surface area (Å²) in [4.78, 5) is 36.1. The fourth-order valence-electron chi connectivity index (χ4n) is 4.63. The minimum absolute atomic E-state index is 0.0327. The smallest absolute Gasteiger partial charge is 0.293 e. The molecular formula is C26H32ClN5O3S. The topological polar surface area (TPSA) is 82.8 Å². The first-order valence-electron chi connectivity index (χ1n) is 12.5. The Morgan fingerprint density at radius 3 is 2.50 bits per heavy atom. The van der Waals surface area contributed by atoms with Crippen molar-refractivity contribution in [2.24, 2.45) is 0 Å². The number of hydrogen-bond donors (Lipinski definition) is 0. The van der Waals surface area contributed by atoms with Gasteiger partial charge in [0.05, 0.1) is 20.2 Å². The number of nitrogens with zero attached hydrogens (tertiary/aromatic N) is 5. The Kier molecular flexibility index (Phi) is 8.43. The van der Waals surface area contributed by atoms with E-state index in [1.165, 1.54) is 17.4 Å². The van der Waals surface area contributed by atoms with Crippen molar-refractivity contribution in [1.29, 1.82) is 0 Å². The quantitative estimate of drug-likeness (QED) is 0.244. The second-order valence-corrected chi connectivity index (χ2v) is 10.4. The molecule has 0 unspecified atom stereocenters. The summed E-state index contributed by atoms with van der Waals surface area (Å²) in [5.41, 5.74) is 2.58. The first-order chi connectivity index (χ1) is 17.3. The maximum absolute atomic E-state index is 13.8. The number of carbonyl (C=O) groups excluding carboxylic acids is 1. The maximum atomic E-state index is 13.8. The molecule has 0 bridgehead atoms. The van der Waals surface area contributed by atoms with Crippen molar-refractivity contribution in [1.82, 2.24) is 9.88 Å². The molecule has 1 aliphatic rings. The van der Waals surface area contributed by atoms with Crippen LogP contribution in [0.4, 0.5) is 16.5 Å². The summed E-state index contributed by atoms with van der Waals surface area (Å²) in [6, 6.07) is 8.60. The first-order valence-corrected chi connectivity index (χ1v) is 13.7. The predicted molar refractivity (Wildman–Crippen MR) is 148 cm³/mol. The Bertz CT molecular complexity index is 1210. The van der Waals surface area contributed by atoms with Gasteiger partial charge in [-0.05, 0) is 63.0 Å². The van der Waals surface area contributed by atoms with Crippen LogP contribution in [0.25, 0.3) is 10.2 Å². The van der Waals surface area contributed by atoms with E-state index in [-0.39, 0.29) is 22.1 Å². The van der Waals surface area contributed by atoms with Gasteiger partial charge in [-0.25, -0.2) is 4.98 Å². The number of fused-ring (bicyclic) bond motifs is 1. The molecule has 0 radical (unpaired) electrons. The molecule has 0 aliphatic carbocycles. The van der Waals surface area contributed by atoms with E-state index in [1.807, 2.05) is 24.0 Å². The number of aryl methyl sites for hydroxylation is 1. The Morgan fingerprint density at radius 2 is 1.86 bits per heavy atom. The predicted octanol–water partition coefficient (Wildman–Crippen LogP) is 6.15. The molecule has 0 N–H and O–H groups in total. The number of rotatable bonds is 9. The second-order valence-electron chi connectivity index (χ2n) is 9.03. The van der Waals surface area contributed by atoms with Crippen LogP contribution in [0.3, 0.4) is 0 Å². The van der Waals surface area contributed by atoms with Crippen LogP contribution in [0.5, 0.6) is 0 Å². The molecule has 2 aromatic carbocycles. The van der Waals surface area contributed by atoms with Crippen molar-refractivity contribution in [3.63, 3.8) is 0 Å². The highest BCUT2D eigenvalue weighted by atomic mass is 35.5. The summed E-state index contributed by atoms with van der Waals surface area (Å²) in [5, 5.41) is 13.1. The Hall–Kier alpha value is -2.75. The largest absolute Gasteiger partial charge is 0.366 e. The standard InChI is InChI=1S/C26H32ClN5O3S/c1-4-29(5-2)15-16-31(26-28-23-18(3)9-11-20(27)24(23)36-26)25(33)19-10-12-21(22(17-19)32(34)35)30-13-7-6-8-14-30/h9-12,17H,4-8,13-16H2,1-3H3. The molecule has 192 valence electrons. The highest BCUT2D eigenvalue weighted by Gasteiger charge is 2.27. The summed E-state index contributed by atoms with van der Waals surface area (Å²) < 4.78 is 0.832. The van der Waals surface area contributed by atoms with E-state index in [0.717, 1.165) is 61.2 Å². The average Bonchev–Trinajstić information content (AvgIpc) is 3.35. The number of anilines is 2. The number of carbonyl (C=O) groups is 1. The number of hydrogen-bond acceptors (Lipinski definition) is 7. The molecule has 1 aliphatic heterocycles. The maximum Gasteiger partial charge on any atom is 0.293 e. The van der Waals surface area contributed by atoms with Crippen molar-refractivity contribution in [3.05, 3.63) is 56.6 Å². The molecule has 1 aromatic heterocycles. The summed E-state index contributed by atoms with van der Waals surface area (Å²) in [6.07, 6.45) is 3.15. The molecular weight excluding hydrogens is 498 g/mol. The van der Waals surface area contributed by atoms with Gasteiger partial charge in [0.2, 0.25) is 0 Å². The normalized spacial score (nSPS) is 14.0. The third-order valence-electron chi connectivity index (χ3n) is 6.81. The lowest BCUT2D eigenvalue weighted by Crippen LogP contribution is -2.39. The molecule has 2 heterocycles. The lowest BCUT2D eigenvalue weighted by molar-refractivity contribution is -0.384. The van der Waals surface area contributed by atoms with Crippen molar-refractivity contribution in [2.75, 3.05) is 49.1 Å². The van der Waals surface area contributed by atoms with Gasteiger partial charge >= 0.3 is 0 Å². The van der Waals surface area contributed by atoms with Crippen LogP contribution in [-0.2, 0) is 0 Å². The minimum Gasteiger partial charge on any atom is -0.366 e. The van der Waals surface area contributed by atoms with E-state index < -0.39 is 0 Å². The van der Waals surface area contributed by atoms with E-state index in [4.69, 9.17) is 16.6 Å². The van der Waals surface area contributed by atoms with Crippen LogP contribution < -0.4 is 9.80 Å². The highest BCUT2D eigenvalue weighted by molar-refractivity contribution is 7.23. The van der Waals surface area contributed by atoms with Crippen LogP contribution >= 0.6 is 22.9 Å². The number of nitro groups is 1. The van der Waals surface area contributed by atoms with Crippen LogP contribution in [-0.4, -0.2) is 60.0 Å². The van der Waals surface area contributed by atoms with Gasteiger partial charge < -0.3 is 9.80 Å². The summed E-state index contributed by atoms with van der Waals surface area (Å²) in [7, 11) is 0. The molecule has 10 heteroatoms. The number of halogens is 1. The van der Waals surface area contributed by atoms with Crippen LogP contribution in [0.15, 0.2) is 30.3 Å². The van der Waals surface area contributed by atoms with Gasteiger partial charge in [0.25, 0.3) is 11.6 Å². The lowest BCUT2D eigenvalue weighted by atomic mass is 10.1. The van der Waals surface area contributed by atoms with Gasteiger partial charge in [0, 0.05) is 37.8 Å².